The molecule has 1 heterocycles. The van der Waals surface area contributed by atoms with Crippen LogP contribution in [0.25, 0.3) is 0 Å². The van der Waals surface area contributed by atoms with Crippen LogP contribution >= 0.6 is 0 Å². The van der Waals surface area contributed by atoms with Gasteiger partial charge in [0, 0.05) is 24.9 Å². The SMILES string of the molecule is COCCn1cc(NC(=O)N[C@H](C)c2ccc(F)cc2F)cn1. The van der Waals surface area contributed by atoms with Crippen LogP contribution in [0.5, 0.6) is 0 Å². The number of nitrogens with zero attached hydrogens (tertiary/aromatic N) is 2. The summed E-state index contributed by atoms with van der Waals surface area (Å²) in [6, 6.07) is 2.12. The van der Waals surface area contributed by atoms with Gasteiger partial charge in [0.05, 0.1) is 31.1 Å². The maximum Gasteiger partial charge on any atom is 0.319 e. The fraction of sp³-hybridized carbons (Fsp3) is 0.333. The summed E-state index contributed by atoms with van der Waals surface area (Å²) in [7, 11) is 1.59. The minimum Gasteiger partial charge on any atom is -0.383 e. The van der Waals surface area contributed by atoms with Gasteiger partial charge < -0.3 is 15.4 Å². The fourth-order valence-corrected chi connectivity index (χ4v) is 2.03. The van der Waals surface area contributed by atoms with Gasteiger partial charge in [-0.15, -0.1) is 0 Å². The highest BCUT2D eigenvalue weighted by Crippen LogP contribution is 2.17. The maximum absolute atomic E-state index is 13.7. The van der Waals surface area contributed by atoms with Gasteiger partial charge in [0.1, 0.15) is 11.6 Å². The van der Waals surface area contributed by atoms with E-state index in [1.807, 2.05) is 0 Å². The minimum atomic E-state index is -0.704. The highest BCUT2D eigenvalue weighted by molar-refractivity contribution is 5.89. The van der Waals surface area contributed by atoms with Crippen LogP contribution in [0.3, 0.4) is 0 Å². The predicted octanol–water partition coefficient (Wildman–Crippen LogP) is 2.69. The molecule has 0 saturated carbocycles. The smallest absolute Gasteiger partial charge is 0.319 e. The first-order chi connectivity index (χ1) is 11.0. The molecule has 8 heteroatoms. The van der Waals surface area contributed by atoms with Crippen LogP contribution in [-0.2, 0) is 11.3 Å². The number of aromatic nitrogens is 2. The van der Waals surface area contributed by atoms with Gasteiger partial charge in [-0.2, -0.15) is 5.10 Å². The summed E-state index contributed by atoms with van der Waals surface area (Å²) in [5.74, 6) is -1.36. The van der Waals surface area contributed by atoms with Crippen molar-refractivity contribution in [2.75, 3.05) is 19.0 Å². The summed E-state index contributed by atoms with van der Waals surface area (Å²) in [5.41, 5.74) is 0.711. The van der Waals surface area contributed by atoms with E-state index in [1.54, 1.807) is 24.9 Å². The average molecular weight is 324 g/mol. The Kier molecular flexibility index (Phi) is 5.64. The number of amides is 2. The molecule has 6 nitrogen and oxygen atoms in total. The largest absolute Gasteiger partial charge is 0.383 e. The van der Waals surface area contributed by atoms with Crippen LogP contribution < -0.4 is 10.6 Å². The first-order valence-electron chi connectivity index (χ1n) is 7.03. The molecular weight excluding hydrogens is 306 g/mol. The van der Waals surface area contributed by atoms with E-state index in [4.69, 9.17) is 4.74 Å². The lowest BCUT2D eigenvalue weighted by Crippen LogP contribution is -2.31. The molecule has 1 atom stereocenters. The van der Waals surface area contributed by atoms with Crippen LogP contribution in [0, 0.1) is 11.6 Å². The van der Waals surface area contributed by atoms with Gasteiger partial charge >= 0.3 is 6.03 Å². The summed E-state index contributed by atoms with van der Waals surface area (Å²) in [5, 5.41) is 9.24. The van der Waals surface area contributed by atoms with Crippen molar-refractivity contribution >= 4 is 11.7 Å². The number of halogens is 2. The molecule has 0 fully saturated rings. The monoisotopic (exact) mass is 324 g/mol. The number of benzene rings is 1. The molecule has 23 heavy (non-hydrogen) atoms. The van der Waals surface area contributed by atoms with Crippen molar-refractivity contribution in [3.05, 3.63) is 47.8 Å². The molecule has 2 rings (SSSR count). The molecule has 0 spiro atoms. The molecule has 2 aromatic rings. The first kappa shape index (κ1) is 16.9. The van der Waals surface area contributed by atoms with Crippen LogP contribution in [0.2, 0.25) is 0 Å². The van der Waals surface area contributed by atoms with Crippen molar-refractivity contribution in [3.8, 4) is 0 Å². The molecule has 0 saturated heterocycles. The standard InChI is InChI=1S/C15H18F2N4O2/c1-10(13-4-3-11(16)7-14(13)17)19-15(22)20-12-8-18-21(9-12)5-6-23-2/h3-4,7-10H,5-6H2,1-2H3,(H2,19,20,22)/t10-/m1/s1. The third kappa shape index (κ3) is 4.75. The Labute approximate surface area is 132 Å². The van der Waals surface area contributed by atoms with Gasteiger partial charge in [0.25, 0.3) is 0 Å². The molecular formula is C15H18F2N4O2. The van der Waals surface area contributed by atoms with Gasteiger partial charge in [-0.1, -0.05) is 6.07 Å². The summed E-state index contributed by atoms with van der Waals surface area (Å²) in [6.45, 7) is 2.68. The Morgan fingerprint density at radius 3 is 2.91 bits per heavy atom. The zero-order chi connectivity index (χ0) is 16.8. The maximum atomic E-state index is 13.7. The zero-order valence-corrected chi connectivity index (χ0v) is 12.8. The Bertz CT molecular complexity index is 675. The average Bonchev–Trinajstić information content (AvgIpc) is 2.92. The van der Waals surface area contributed by atoms with Gasteiger partial charge in [-0.25, -0.2) is 13.6 Å². The molecule has 0 aliphatic heterocycles. The molecule has 0 bridgehead atoms. The minimum absolute atomic E-state index is 0.206. The van der Waals surface area contributed by atoms with Crippen molar-refractivity contribution in [3.63, 3.8) is 0 Å². The molecule has 1 aromatic heterocycles. The van der Waals surface area contributed by atoms with Gasteiger partial charge in [0.2, 0.25) is 0 Å². The quantitative estimate of drug-likeness (QED) is 0.858. The summed E-state index contributed by atoms with van der Waals surface area (Å²) in [4.78, 5) is 11.9. The third-order valence-electron chi connectivity index (χ3n) is 3.19. The van der Waals surface area contributed by atoms with E-state index in [2.05, 4.69) is 15.7 Å². The number of carbonyl (C=O) groups excluding carboxylic acids is 1. The molecule has 0 aliphatic carbocycles. The topological polar surface area (TPSA) is 68.2 Å². The molecule has 2 N–H and O–H groups in total. The van der Waals surface area contributed by atoms with E-state index >= 15 is 0 Å². The van der Waals surface area contributed by atoms with E-state index in [-0.39, 0.29) is 5.56 Å². The summed E-state index contributed by atoms with van der Waals surface area (Å²) in [6.07, 6.45) is 3.15. The number of nitrogens with one attached hydrogen (secondary N) is 2. The van der Waals surface area contributed by atoms with Crippen molar-refractivity contribution < 1.29 is 18.3 Å². The number of anilines is 1. The summed E-state index contributed by atoms with van der Waals surface area (Å²) >= 11 is 0. The second-order valence-electron chi connectivity index (χ2n) is 4.97. The number of hydrogen-bond donors (Lipinski definition) is 2. The van der Waals surface area contributed by atoms with E-state index in [1.165, 1.54) is 12.3 Å². The lowest BCUT2D eigenvalue weighted by molar-refractivity contribution is 0.183. The Morgan fingerprint density at radius 2 is 2.22 bits per heavy atom. The van der Waals surface area contributed by atoms with E-state index in [0.717, 1.165) is 12.1 Å². The van der Waals surface area contributed by atoms with Gasteiger partial charge in [-0.3, -0.25) is 4.68 Å². The highest BCUT2D eigenvalue weighted by Gasteiger charge is 2.14. The van der Waals surface area contributed by atoms with Gasteiger partial charge in [-0.05, 0) is 13.0 Å². The zero-order valence-electron chi connectivity index (χ0n) is 12.8. The van der Waals surface area contributed by atoms with Crippen molar-refractivity contribution in [2.24, 2.45) is 0 Å². The first-order valence-corrected chi connectivity index (χ1v) is 7.03. The third-order valence-corrected chi connectivity index (χ3v) is 3.19. The fourth-order valence-electron chi connectivity index (χ4n) is 2.03. The van der Waals surface area contributed by atoms with Crippen LogP contribution in [0.1, 0.15) is 18.5 Å². The molecule has 2 amide bonds. The lowest BCUT2D eigenvalue weighted by atomic mass is 10.1. The molecule has 0 radical (unpaired) electrons. The van der Waals surface area contributed by atoms with Crippen LogP contribution in [0.4, 0.5) is 19.3 Å². The lowest BCUT2D eigenvalue weighted by Gasteiger charge is -2.15. The van der Waals surface area contributed by atoms with Crippen molar-refractivity contribution in [2.45, 2.75) is 19.5 Å². The number of rotatable bonds is 6. The number of ether oxygens (including phenoxy) is 1. The van der Waals surface area contributed by atoms with Crippen molar-refractivity contribution in [1.29, 1.82) is 0 Å². The van der Waals surface area contributed by atoms with E-state index < -0.39 is 23.7 Å². The van der Waals surface area contributed by atoms with E-state index in [9.17, 15) is 13.6 Å². The van der Waals surface area contributed by atoms with E-state index in [0.29, 0.717) is 18.8 Å². The predicted molar refractivity (Wildman–Crippen MR) is 81.0 cm³/mol. The van der Waals surface area contributed by atoms with Crippen LogP contribution in [0.15, 0.2) is 30.6 Å². The van der Waals surface area contributed by atoms with Crippen molar-refractivity contribution in [1.82, 2.24) is 15.1 Å². The summed E-state index contributed by atoms with van der Waals surface area (Å²) < 4.78 is 33.1. The number of carbonyl (C=O) groups is 1. The molecule has 124 valence electrons. The number of hydrogen-bond acceptors (Lipinski definition) is 3. The Morgan fingerprint density at radius 1 is 1.43 bits per heavy atom. The molecule has 1 aromatic carbocycles. The Balaban J connectivity index is 1.92. The second kappa shape index (κ2) is 7.68. The number of methoxy groups -OCH3 is 1. The highest BCUT2D eigenvalue weighted by atomic mass is 19.1. The molecule has 0 aliphatic rings. The second-order valence-corrected chi connectivity index (χ2v) is 4.97. The number of urea groups is 1. The molecule has 0 unspecified atom stereocenters. The normalized spacial score (nSPS) is 12.0. The van der Waals surface area contributed by atoms with Crippen LogP contribution in [-0.4, -0.2) is 29.5 Å². The Hall–Kier alpha value is -2.48. The van der Waals surface area contributed by atoms with Gasteiger partial charge in [0.15, 0.2) is 0 Å².